The van der Waals surface area contributed by atoms with Crippen LogP contribution in [0.15, 0.2) is 97.5 Å². The first-order valence-corrected chi connectivity index (χ1v) is 10.0. The Balaban J connectivity index is 1.86. The fraction of sp³-hybridized carbons (Fsp3) is 0. The van der Waals surface area contributed by atoms with Gasteiger partial charge in [0.2, 0.25) is 0 Å². The maximum Gasteiger partial charge on any atom is 0.148 e. The fourth-order valence-electron chi connectivity index (χ4n) is 4.81. The van der Waals surface area contributed by atoms with E-state index in [2.05, 4.69) is 86.7 Å². The fourth-order valence-corrected chi connectivity index (χ4v) is 4.81. The van der Waals surface area contributed by atoms with E-state index in [1.165, 1.54) is 27.2 Å². The first-order chi connectivity index (χ1) is 14.9. The SMILES string of the molecule is c1ccc(-n2c3ccccc3c3ccc4c5cccnc5n5ccnc5c4c32)cc1. The molecule has 0 unspecified atom stereocenters. The summed E-state index contributed by atoms with van der Waals surface area (Å²) in [5, 5.41) is 5.93. The van der Waals surface area contributed by atoms with Gasteiger partial charge >= 0.3 is 0 Å². The molecule has 0 amide bonds. The molecule has 7 aromatic rings. The van der Waals surface area contributed by atoms with Gasteiger partial charge in [0, 0.05) is 40.4 Å². The lowest BCUT2D eigenvalue weighted by atomic mass is 10.0. The van der Waals surface area contributed by atoms with Gasteiger partial charge in [-0.3, -0.25) is 4.40 Å². The third-order valence-electron chi connectivity index (χ3n) is 6.02. The zero-order chi connectivity index (χ0) is 19.7. The molecule has 140 valence electrons. The number of rotatable bonds is 1. The highest BCUT2D eigenvalue weighted by Gasteiger charge is 2.19. The van der Waals surface area contributed by atoms with Gasteiger partial charge in [-0.15, -0.1) is 0 Å². The quantitative estimate of drug-likeness (QED) is 0.319. The molecule has 0 N–H and O–H groups in total. The Labute approximate surface area is 171 Å². The number of fused-ring (bicyclic) bond motifs is 10. The maximum absolute atomic E-state index is 4.76. The molecule has 0 radical (unpaired) electrons. The number of nitrogens with zero attached hydrogens (tertiary/aromatic N) is 4. The molecule has 0 spiro atoms. The van der Waals surface area contributed by atoms with Crippen LogP contribution >= 0.6 is 0 Å². The van der Waals surface area contributed by atoms with Crippen LogP contribution in [0.25, 0.3) is 54.9 Å². The molecule has 0 saturated heterocycles. The van der Waals surface area contributed by atoms with Crippen LogP contribution in [-0.4, -0.2) is 18.9 Å². The minimum Gasteiger partial charge on any atom is -0.308 e. The average Bonchev–Trinajstić information content (AvgIpc) is 3.43. The van der Waals surface area contributed by atoms with E-state index in [4.69, 9.17) is 4.98 Å². The monoisotopic (exact) mass is 384 g/mol. The van der Waals surface area contributed by atoms with Crippen molar-refractivity contribution in [2.75, 3.05) is 0 Å². The third kappa shape index (κ3) is 1.90. The van der Waals surface area contributed by atoms with Crippen molar-refractivity contribution in [3.05, 3.63) is 97.5 Å². The molecule has 0 aliphatic carbocycles. The van der Waals surface area contributed by atoms with Crippen molar-refractivity contribution < 1.29 is 0 Å². The summed E-state index contributed by atoms with van der Waals surface area (Å²) in [5.41, 5.74) is 5.39. The molecule has 0 fully saturated rings. The van der Waals surface area contributed by atoms with Gasteiger partial charge in [-0.2, -0.15) is 0 Å². The average molecular weight is 384 g/mol. The molecule has 4 heterocycles. The Morgan fingerprint density at radius 1 is 0.567 bits per heavy atom. The lowest BCUT2D eigenvalue weighted by Crippen LogP contribution is -1.97. The summed E-state index contributed by atoms with van der Waals surface area (Å²) in [6, 6.07) is 27.8. The van der Waals surface area contributed by atoms with E-state index < -0.39 is 0 Å². The van der Waals surface area contributed by atoms with Crippen molar-refractivity contribution in [2.45, 2.75) is 0 Å². The van der Waals surface area contributed by atoms with Crippen molar-refractivity contribution in [1.29, 1.82) is 0 Å². The summed E-state index contributed by atoms with van der Waals surface area (Å²) in [4.78, 5) is 9.41. The number of hydrogen-bond acceptors (Lipinski definition) is 2. The first-order valence-electron chi connectivity index (χ1n) is 10.0. The molecular formula is C26H16N4. The smallest absolute Gasteiger partial charge is 0.148 e. The highest BCUT2D eigenvalue weighted by molar-refractivity contribution is 6.26. The predicted octanol–water partition coefficient (Wildman–Crippen LogP) is 6.13. The van der Waals surface area contributed by atoms with E-state index >= 15 is 0 Å². The van der Waals surface area contributed by atoms with E-state index in [1.807, 2.05) is 24.7 Å². The lowest BCUT2D eigenvalue weighted by molar-refractivity contribution is 1.18. The number of pyridine rings is 2. The largest absolute Gasteiger partial charge is 0.308 e. The molecule has 0 atom stereocenters. The molecule has 30 heavy (non-hydrogen) atoms. The van der Waals surface area contributed by atoms with Crippen LogP contribution in [0, 0.1) is 0 Å². The van der Waals surface area contributed by atoms with Crippen molar-refractivity contribution in [3.63, 3.8) is 0 Å². The van der Waals surface area contributed by atoms with Crippen LogP contribution in [0.5, 0.6) is 0 Å². The third-order valence-corrected chi connectivity index (χ3v) is 6.02. The topological polar surface area (TPSA) is 35.1 Å². The number of benzene rings is 3. The first kappa shape index (κ1) is 15.7. The summed E-state index contributed by atoms with van der Waals surface area (Å²) in [7, 11) is 0. The van der Waals surface area contributed by atoms with Crippen LogP contribution < -0.4 is 0 Å². The number of hydrogen-bond donors (Lipinski definition) is 0. The molecule has 7 rings (SSSR count). The van der Waals surface area contributed by atoms with E-state index in [1.54, 1.807) is 0 Å². The molecule has 4 nitrogen and oxygen atoms in total. The van der Waals surface area contributed by atoms with Gasteiger partial charge in [-0.1, -0.05) is 48.5 Å². The second kappa shape index (κ2) is 5.67. The Morgan fingerprint density at radius 2 is 1.33 bits per heavy atom. The lowest BCUT2D eigenvalue weighted by Gasteiger charge is -2.12. The summed E-state index contributed by atoms with van der Waals surface area (Å²) < 4.78 is 4.47. The molecule has 0 aliphatic rings. The zero-order valence-electron chi connectivity index (χ0n) is 16.0. The molecule has 0 saturated carbocycles. The second-order valence-corrected chi connectivity index (χ2v) is 7.57. The Kier molecular flexibility index (Phi) is 2.97. The molecule has 0 bridgehead atoms. The second-order valence-electron chi connectivity index (χ2n) is 7.57. The molecule has 0 aliphatic heterocycles. The van der Waals surface area contributed by atoms with Crippen LogP contribution in [0.4, 0.5) is 0 Å². The van der Waals surface area contributed by atoms with Gasteiger partial charge in [0.05, 0.1) is 16.4 Å². The summed E-state index contributed by atoms with van der Waals surface area (Å²) >= 11 is 0. The van der Waals surface area contributed by atoms with Crippen LogP contribution in [0.2, 0.25) is 0 Å². The summed E-state index contributed by atoms with van der Waals surface area (Å²) in [6.45, 7) is 0. The van der Waals surface area contributed by atoms with Gasteiger partial charge in [0.15, 0.2) is 0 Å². The van der Waals surface area contributed by atoms with Gasteiger partial charge in [-0.25, -0.2) is 9.97 Å². The van der Waals surface area contributed by atoms with Crippen molar-refractivity contribution in [2.24, 2.45) is 0 Å². The van der Waals surface area contributed by atoms with E-state index in [-0.39, 0.29) is 0 Å². The number of imidazole rings is 1. The maximum atomic E-state index is 4.76. The van der Waals surface area contributed by atoms with Gasteiger partial charge in [-0.05, 0) is 35.7 Å². The van der Waals surface area contributed by atoms with Crippen molar-refractivity contribution >= 4 is 49.3 Å². The predicted molar refractivity (Wildman–Crippen MR) is 122 cm³/mol. The number of aromatic nitrogens is 4. The normalized spacial score (nSPS) is 12.0. The van der Waals surface area contributed by atoms with Crippen molar-refractivity contribution in [3.8, 4) is 5.69 Å². The van der Waals surface area contributed by atoms with Crippen LogP contribution in [0.3, 0.4) is 0 Å². The van der Waals surface area contributed by atoms with Crippen LogP contribution in [0.1, 0.15) is 0 Å². The Bertz CT molecular complexity index is 1740. The highest BCUT2D eigenvalue weighted by atomic mass is 15.0. The van der Waals surface area contributed by atoms with E-state index in [0.29, 0.717) is 0 Å². The molecule has 4 aromatic heterocycles. The van der Waals surface area contributed by atoms with Gasteiger partial charge in [0.25, 0.3) is 0 Å². The van der Waals surface area contributed by atoms with Crippen LogP contribution in [-0.2, 0) is 0 Å². The zero-order valence-corrected chi connectivity index (χ0v) is 16.0. The molecule has 4 heteroatoms. The highest BCUT2D eigenvalue weighted by Crippen LogP contribution is 2.39. The summed E-state index contributed by atoms with van der Waals surface area (Å²) in [6.07, 6.45) is 5.70. The Hall–Kier alpha value is -4.18. The van der Waals surface area contributed by atoms with Gasteiger partial charge < -0.3 is 4.57 Å². The van der Waals surface area contributed by atoms with Crippen molar-refractivity contribution in [1.82, 2.24) is 18.9 Å². The Morgan fingerprint density at radius 3 is 2.27 bits per heavy atom. The van der Waals surface area contributed by atoms with Gasteiger partial charge in [0.1, 0.15) is 11.3 Å². The minimum absolute atomic E-state index is 0.930. The minimum atomic E-state index is 0.930. The molecular weight excluding hydrogens is 368 g/mol. The van der Waals surface area contributed by atoms with E-state index in [0.717, 1.165) is 27.8 Å². The standard InChI is InChI=1S/C26H16N4/c1-2-7-17(8-3-1)30-22-11-5-4-9-18(22)20-13-12-19-21-10-6-14-27-25(21)29-16-15-28-26(29)23(19)24(20)30/h1-16H. The number of para-hydroxylation sites is 2. The summed E-state index contributed by atoms with van der Waals surface area (Å²) in [5.74, 6) is 0. The van der Waals surface area contributed by atoms with E-state index in [9.17, 15) is 0 Å². The molecule has 3 aromatic carbocycles.